The lowest BCUT2D eigenvalue weighted by Crippen LogP contribution is -2.51. The molecule has 0 aliphatic carbocycles. The van der Waals surface area contributed by atoms with Crippen molar-refractivity contribution < 1.29 is 54.0 Å². The van der Waals surface area contributed by atoms with Crippen LogP contribution in [-0.4, -0.2) is 100 Å². The van der Waals surface area contributed by atoms with Gasteiger partial charge in [0, 0.05) is 32.4 Å². The molecule has 3 unspecified atom stereocenters. The Morgan fingerprint density at radius 1 is 0.512 bits per heavy atom. The molecule has 16 heteroatoms. The average molecular weight is 618 g/mol. The minimum Gasteiger partial charge on any atom is -0.481 e. The van der Waals surface area contributed by atoms with Gasteiger partial charge in [-0.1, -0.05) is 12.8 Å². The van der Waals surface area contributed by atoms with Crippen molar-refractivity contribution in [3.63, 3.8) is 0 Å². The highest BCUT2D eigenvalue weighted by Gasteiger charge is 2.24. The highest BCUT2D eigenvalue weighted by atomic mass is 16.4. The van der Waals surface area contributed by atoms with E-state index in [-0.39, 0.29) is 24.7 Å². The van der Waals surface area contributed by atoms with Crippen molar-refractivity contribution >= 4 is 41.7 Å². The summed E-state index contributed by atoms with van der Waals surface area (Å²) in [6.45, 7) is 0.820. The number of rotatable bonds is 26. The van der Waals surface area contributed by atoms with Crippen LogP contribution in [0.25, 0.3) is 0 Å². The Morgan fingerprint density at radius 3 is 1.33 bits per heavy atom. The zero-order valence-corrected chi connectivity index (χ0v) is 24.7. The van der Waals surface area contributed by atoms with Gasteiger partial charge in [0.25, 0.3) is 0 Å². The molecule has 0 aromatic rings. The lowest BCUT2D eigenvalue weighted by atomic mass is 10.1. The molecule has 0 radical (unpaired) electrons. The predicted octanol–water partition coefficient (Wildman–Crippen LogP) is 0.643. The van der Waals surface area contributed by atoms with Gasteiger partial charge in [-0.15, -0.1) is 0 Å². The molecule has 3 atom stereocenters. The second kappa shape index (κ2) is 23.6. The largest absolute Gasteiger partial charge is 0.481 e. The molecule has 0 aliphatic heterocycles. The lowest BCUT2D eigenvalue weighted by molar-refractivity contribution is -0.141. The van der Waals surface area contributed by atoms with Crippen LogP contribution in [-0.2, 0) is 28.8 Å². The summed E-state index contributed by atoms with van der Waals surface area (Å²) >= 11 is 0. The van der Waals surface area contributed by atoms with Gasteiger partial charge in [0.05, 0.1) is 0 Å². The third kappa shape index (κ3) is 21.4. The third-order valence-electron chi connectivity index (χ3n) is 6.54. The summed E-state index contributed by atoms with van der Waals surface area (Å²) in [5.41, 5.74) is 0. The minimum atomic E-state index is -1.48. The third-order valence-corrected chi connectivity index (χ3v) is 6.54. The van der Waals surface area contributed by atoms with Gasteiger partial charge in [-0.05, 0) is 64.8 Å². The highest BCUT2D eigenvalue weighted by Crippen LogP contribution is 2.07. The van der Waals surface area contributed by atoms with Crippen molar-refractivity contribution in [2.45, 2.75) is 108 Å². The number of hydrogen-bond acceptors (Lipinski definition) is 8. The summed E-state index contributed by atoms with van der Waals surface area (Å²) in [6, 6.07) is -4.39. The van der Waals surface area contributed by atoms with Crippen molar-refractivity contribution in [2.75, 3.05) is 20.1 Å². The first-order valence-corrected chi connectivity index (χ1v) is 14.5. The first-order valence-electron chi connectivity index (χ1n) is 14.5. The maximum Gasteiger partial charge on any atom is 0.326 e. The van der Waals surface area contributed by atoms with E-state index < -0.39 is 54.5 Å². The maximum absolute atomic E-state index is 12.0. The predicted molar refractivity (Wildman–Crippen MR) is 153 cm³/mol. The van der Waals surface area contributed by atoms with E-state index >= 15 is 0 Å². The zero-order valence-electron chi connectivity index (χ0n) is 24.7. The van der Waals surface area contributed by atoms with Crippen LogP contribution in [0.4, 0.5) is 4.79 Å². The lowest BCUT2D eigenvalue weighted by Gasteiger charge is -2.18. The van der Waals surface area contributed by atoms with E-state index in [0.29, 0.717) is 70.9 Å². The van der Waals surface area contributed by atoms with Crippen LogP contribution in [0.15, 0.2) is 0 Å². The van der Waals surface area contributed by atoms with Gasteiger partial charge in [-0.2, -0.15) is 0 Å². The topological polar surface area (TPSA) is 261 Å². The standard InChI is InChI=1S/C27H47N5O11/c1-28-18(24(37)38)10-6-8-16-29-21(33)12-4-2-3-5-13-22(34)30-17-9-7-11-19(25(39)40)31-27(43)32-20(26(41)42)14-15-23(35)36/h18-20,28H,2-17H2,1H3,(H,29,33)(H,30,34)(H,35,36)(H,37,38)(H,39,40)(H,41,42)(H2,31,32,43). The fraction of sp³-hybridized carbons (Fsp3) is 0.741. The normalized spacial score (nSPS) is 12.8. The Labute approximate surface area is 250 Å². The molecule has 0 fully saturated rings. The van der Waals surface area contributed by atoms with Crippen LogP contribution in [0.2, 0.25) is 0 Å². The number of carbonyl (C=O) groups is 7. The molecule has 43 heavy (non-hydrogen) atoms. The summed E-state index contributed by atoms with van der Waals surface area (Å²) in [7, 11) is 1.60. The highest BCUT2D eigenvalue weighted by molar-refractivity contribution is 5.86. The Morgan fingerprint density at radius 2 is 0.930 bits per heavy atom. The van der Waals surface area contributed by atoms with E-state index in [0.717, 1.165) is 12.8 Å². The van der Waals surface area contributed by atoms with Crippen molar-refractivity contribution in [2.24, 2.45) is 0 Å². The minimum absolute atomic E-state index is 0.0423. The van der Waals surface area contributed by atoms with Crippen LogP contribution < -0.4 is 26.6 Å². The van der Waals surface area contributed by atoms with Crippen LogP contribution in [0.5, 0.6) is 0 Å². The number of carbonyl (C=O) groups excluding carboxylic acids is 3. The molecule has 0 bridgehead atoms. The summed E-state index contributed by atoms with van der Waals surface area (Å²) in [5.74, 6) is -5.07. The molecule has 9 N–H and O–H groups in total. The molecule has 0 aromatic heterocycles. The molecule has 0 saturated carbocycles. The molecule has 0 rings (SSSR count). The monoisotopic (exact) mass is 617 g/mol. The van der Waals surface area contributed by atoms with Crippen molar-refractivity contribution in [1.82, 2.24) is 26.6 Å². The number of hydrogen-bond donors (Lipinski definition) is 9. The Bertz CT molecular complexity index is 916. The van der Waals surface area contributed by atoms with Gasteiger partial charge in [0.2, 0.25) is 11.8 Å². The van der Waals surface area contributed by atoms with Gasteiger partial charge < -0.3 is 47.0 Å². The second-order valence-corrected chi connectivity index (χ2v) is 10.1. The number of carboxylic acid groups (broad SMARTS) is 4. The fourth-order valence-electron chi connectivity index (χ4n) is 4.04. The second-order valence-electron chi connectivity index (χ2n) is 10.1. The Hall–Kier alpha value is -3.95. The molecule has 0 aliphatic rings. The number of urea groups is 1. The SMILES string of the molecule is CNC(CCCCNC(=O)CCCCCCC(=O)NCCCCC(NC(=O)NC(CCC(=O)O)C(=O)O)C(=O)O)C(=O)O. The smallest absolute Gasteiger partial charge is 0.326 e. The Balaban J connectivity index is 3.95. The van der Waals surface area contributed by atoms with Crippen molar-refractivity contribution in [3.05, 3.63) is 0 Å². The van der Waals surface area contributed by atoms with Crippen LogP contribution in [0, 0.1) is 0 Å². The quantitative estimate of drug-likeness (QED) is 0.0606. The number of carboxylic acids is 4. The summed E-state index contributed by atoms with van der Waals surface area (Å²) in [5, 5.41) is 48.6. The maximum atomic E-state index is 12.0. The van der Waals surface area contributed by atoms with Gasteiger partial charge >= 0.3 is 29.9 Å². The molecular formula is C27H47N5O11. The zero-order chi connectivity index (χ0) is 32.6. The van der Waals surface area contributed by atoms with E-state index in [1.54, 1.807) is 7.05 Å². The van der Waals surface area contributed by atoms with E-state index in [2.05, 4.69) is 26.6 Å². The van der Waals surface area contributed by atoms with Crippen molar-refractivity contribution in [3.8, 4) is 0 Å². The number of nitrogens with one attached hydrogen (secondary N) is 5. The molecular weight excluding hydrogens is 570 g/mol. The number of aliphatic carboxylic acids is 4. The van der Waals surface area contributed by atoms with Crippen LogP contribution >= 0.6 is 0 Å². The molecule has 0 aromatic carbocycles. The summed E-state index contributed by atoms with van der Waals surface area (Å²) in [4.78, 5) is 80.1. The molecule has 0 spiro atoms. The van der Waals surface area contributed by atoms with Gasteiger partial charge in [0.1, 0.15) is 18.1 Å². The molecule has 0 saturated heterocycles. The van der Waals surface area contributed by atoms with E-state index in [1.165, 1.54) is 0 Å². The fourth-order valence-corrected chi connectivity index (χ4v) is 4.04. The van der Waals surface area contributed by atoms with Gasteiger partial charge in [-0.25, -0.2) is 14.4 Å². The number of likely N-dealkylation sites (N-methyl/N-ethyl adjacent to an activating group) is 1. The first kappa shape index (κ1) is 39.0. The molecule has 0 heterocycles. The number of unbranched alkanes of at least 4 members (excludes halogenated alkanes) is 5. The summed E-state index contributed by atoms with van der Waals surface area (Å²) in [6.07, 6.45) is 5.56. The summed E-state index contributed by atoms with van der Waals surface area (Å²) < 4.78 is 0. The van der Waals surface area contributed by atoms with E-state index in [9.17, 15) is 38.7 Å². The van der Waals surface area contributed by atoms with Gasteiger partial charge in [-0.3, -0.25) is 19.2 Å². The number of amides is 4. The van der Waals surface area contributed by atoms with E-state index in [4.69, 9.17) is 15.3 Å². The van der Waals surface area contributed by atoms with Gasteiger partial charge in [0.15, 0.2) is 0 Å². The van der Waals surface area contributed by atoms with Crippen molar-refractivity contribution in [1.29, 1.82) is 0 Å². The molecule has 246 valence electrons. The molecule has 16 nitrogen and oxygen atoms in total. The van der Waals surface area contributed by atoms with Crippen LogP contribution in [0.3, 0.4) is 0 Å². The first-order chi connectivity index (χ1) is 20.4. The van der Waals surface area contributed by atoms with Crippen LogP contribution in [0.1, 0.15) is 89.9 Å². The van der Waals surface area contributed by atoms with E-state index in [1.807, 2.05) is 0 Å². The molecule has 4 amide bonds. The average Bonchev–Trinajstić information content (AvgIpc) is 2.93. The Kier molecular flexibility index (Phi) is 21.4.